The molecule has 1 aliphatic heterocycles. The molecule has 2 unspecified atom stereocenters. The van der Waals surface area contributed by atoms with Crippen LogP contribution in [0.5, 0.6) is 0 Å². The molecule has 41 heavy (non-hydrogen) atoms. The zero-order valence-corrected chi connectivity index (χ0v) is 21.6. The van der Waals surface area contributed by atoms with E-state index in [1.54, 1.807) is 12.1 Å². The van der Waals surface area contributed by atoms with Gasteiger partial charge in [-0.25, -0.2) is 4.79 Å². The fourth-order valence-corrected chi connectivity index (χ4v) is 3.74. The van der Waals surface area contributed by atoms with Crippen molar-refractivity contribution in [1.29, 1.82) is 0 Å². The lowest BCUT2D eigenvalue weighted by Crippen LogP contribution is -2.41. The summed E-state index contributed by atoms with van der Waals surface area (Å²) in [7, 11) is 0. The molecule has 0 aliphatic carbocycles. The molecule has 2 amide bonds. The van der Waals surface area contributed by atoms with Crippen LogP contribution < -0.4 is 37.9 Å². The molecule has 1 aromatic heterocycles. The lowest BCUT2D eigenvalue weighted by Gasteiger charge is -2.27. The molecule has 0 saturated carbocycles. The van der Waals surface area contributed by atoms with Crippen LogP contribution in [0.1, 0.15) is 36.0 Å². The summed E-state index contributed by atoms with van der Waals surface area (Å²) >= 11 is 0. The summed E-state index contributed by atoms with van der Waals surface area (Å²) in [6.45, 7) is 0.723. The van der Waals surface area contributed by atoms with E-state index >= 15 is 0 Å². The third-order valence-corrected chi connectivity index (χ3v) is 5.99. The van der Waals surface area contributed by atoms with Gasteiger partial charge < -0.3 is 42.3 Å². The van der Waals surface area contributed by atoms with Crippen molar-refractivity contribution in [1.82, 2.24) is 15.3 Å². The second kappa shape index (κ2) is 13.7. The number of carboxylic acid groups (broad SMARTS) is 3. The van der Waals surface area contributed by atoms with Gasteiger partial charge in [-0.1, -0.05) is 0 Å². The van der Waals surface area contributed by atoms with Gasteiger partial charge in [0, 0.05) is 37.2 Å². The van der Waals surface area contributed by atoms with Gasteiger partial charge in [0.2, 0.25) is 11.9 Å². The molecular weight excluding hydrogens is 544 g/mol. The van der Waals surface area contributed by atoms with Gasteiger partial charge in [0.25, 0.3) is 11.5 Å². The first-order valence-electron chi connectivity index (χ1n) is 12.4. The van der Waals surface area contributed by atoms with E-state index in [1.165, 1.54) is 12.1 Å². The highest BCUT2D eigenvalue weighted by atomic mass is 16.4. The number of anilines is 4. The number of carbonyl (C=O) groups excluding carboxylic acids is 2. The largest absolute Gasteiger partial charge is 0.481 e. The number of nitrogens with zero attached hydrogens (tertiary/aromatic N) is 1. The third kappa shape index (κ3) is 8.92. The van der Waals surface area contributed by atoms with Crippen LogP contribution in [0.25, 0.3) is 0 Å². The number of benzene rings is 1. The predicted molar refractivity (Wildman–Crippen MR) is 145 cm³/mol. The van der Waals surface area contributed by atoms with E-state index in [9.17, 15) is 33.9 Å². The Bertz CT molecular complexity index is 1360. The van der Waals surface area contributed by atoms with Gasteiger partial charge in [-0.05, 0) is 37.1 Å². The zero-order chi connectivity index (χ0) is 30.1. The number of carbonyl (C=O) groups is 5. The van der Waals surface area contributed by atoms with Crippen LogP contribution in [0.3, 0.4) is 0 Å². The molecule has 2 aromatic rings. The highest BCUT2D eigenvalue weighted by Gasteiger charge is 2.24. The Morgan fingerprint density at radius 3 is 2.37 bits per heavy atom. The van der Waals surface area contributed by atoms with E-state index in [0.29, 0.717) is 18.8 Å². The average molecular weight is 575 g/mol. The van der Waals surface area contributed by atoms with Crippen molar-refractivity contribution in [2.75, 3.05) is 34.4 Å². The number of nitrogens with two attached hydrogens (primary N) is 1. The minimum absolute atomic E-state index is 0.0828. The molecule has 17 heteroatoms. The molecule has 3 rings (SSSR count). The van der Waals surface area contributed by atoms with E-state index in [1.807, 2.05) is 0 Å². The molecule has 11 N–H and O–H groups in total. The van der Waals surface area contributed by atoms with Gasteiger partial charge >= 0.3 is 17.9 Å². The Morgan fingerprint density at radius 1 is 1.02 bits per heavy atom. The van der Waals surface area contributed by atoms with Gasteiger partial charge in [0.15, 0.2) is 5.82 Å². The zero-order valence-electron chi connectivity index (χ0n) is 21.6. The van der Waals surface area contributed by atoms with Crippen LogP contribution in [0, 0.1) is 0 Å². The number of aliphatic carboxylic acids is 3. The fourth-order valence-electron chi connectivity index (χ4n) is 3.74. The Morgan fingerprint density at radius 2 is 1.73 bits per heavy atom. The minimum atomic E-state index is -1.34. The molecule has 0 bridgehead atoms. The van der Waals surface area contributed by atoms with E-state index in [4.69, 9.17) is 15.9 Å². The summed E-state index contributed by atoms with van der Waals surface area (Å²) in [6, 6.07) is 3.41. The van der Waals surface area contributed by atoms with Crippen LogP contribution >= 0.6 is 0 Å². The Balaban J connectivity index is 1.52. The quantitative estimate of drug-likeness (QED) is 0.133. The van der Waals surface area contributed by atoms with Gasteiger partial charge in [0.05, 0.1) is 6.04 Å². The second-order valence-corrected chi connectivity index (χ2v) is 9.15. The summed E-state index contributed by atoms with van der Waals surface area (Å²) in [5.41, 5.74) is 5.84. The Labute approximate surface area is 231 Å². The number of hydrogen-bond acceptors (Lipinski definition) is 11. The first-order chi connectivity index (χ1) is 19.4. The lowest BCUT2D eigenvalue weighted by molar-refractivity contribution is -0.141. The number of nitrogens with one attached hydrogen (secondary N) is 6. The van der Waals surface area contributed by atoms with Crippen molar-refractivity contribution in [2.24, 2.45) is 5.73 Å². The topological polar surface area (TPSA) is 278 Å². The second-order valence-electron chi connectivity index (χ2n) is 9.15. The van der Waals surface area contributed by atoms with Crippen molar-refractivity contribution < 1.29 is 39.3 Å². The molecule has 0 fully saturated rings. The first-order valence-corrected chi connectivity index (χ1v) is 12.4. The van der Waals surface area contributed by atoms with Crippen LogP contribution in [-0.4, -0.2) is 86.2 Å². The lowest BCUT2D eigenvalue weighted by atomic mass is 10.1. The SMILES string of the molecule is N[C@@H](CCC(=O)Nc1nc2c(c(=O)[nH]1)NC(CNc1ccc(C(=O)NC(CCC(=O)O)C(=O)O)cc1)CN2)C(=O)O. The fraction of sp³-hybridized carbons (Fsp3) is 0.375. The number of aromatic amines is 1. The molecule has 3 atom stereocenters. The van der Waals surface area contributed by atoms with Crippen molar-refractivity contribution >= 4 is 52.9 Å². The van der Waals surface area contributed by atoms with Crippen molar-refractivity contribution in [3.8, 4) is 0 Å². The van der Waals surface area contributed by atoms with Crippen molar-refractivity contribution in [3.63, 3.8) is 0 Å². The highest BCUT2D eigenvalue weighted by molar-refractivity contribution is 5.97. The van der Waals surface area contributed by atoms with Crippen LogP contribution in [0.4, 0.5) is 23.1 Å². The minimum Gasteiger partial charge on any atom is -0.481 e. The number of amides is 2. The van der Waals surface area contributed by atoms with E-state index in [0.717, 1.165) is 0 Å². The van der Waals surface area contributed by atoms with Gasteiger partial charge in [-0.3, -0.25) is 34.3 Å². The number of carboxylic acids is 3. The highest BCUT2D eigenvalue weighted by Crippen LogP contribution is 2.21. The summed E-state index contributed by atoms with van der Waals surface area (Å²) < 4.78 is 0. The smallest absolute Gasteiger partial charge is 0.326 e. The van der Waals surface area contributed by atoms with Gasteiger partial charge in [-0.15, -0.1) is 0 Å². The molecule has 17 nitrogen and oxygen atoms in total. The Kier molecular flexibility index (Phi) is 10.2. The molecule has 1 aliphatic rings. The average Bonchev–Trinajstić information content (AvgIpc) is 2.92. The van der Waals surface area contributed by atoms with Crippen molar-refractivity contribution in [3.05, 3.63) is 40.2 Å². The van der Waals surface area contributed by atoms with Gasteiger partial charge in [-0.2, -0.15) is 4.98 Å². The maximum Gasteiger partial charge on any atom is 0.326 e. The maximum absolute atomic E-state index is 12.6. The summed E-state index contributed by atoms with van der Waals surface area (Å²) in [5, 5.41) is 40.7. The van der Waals surface area contributed by atoms with E-state index < -0.39 is 53.8 Å². The summed E-state index contributed by atoms with van der Waals surface area (Å²) in [4.78, 5) is 76.4. The normalized spacial score (nSPS) is 15.2. The third-order valence-electron chi connectivity index (χ3n) is 5.99. The van der Waals surface area contributed by atoms with Crippen molar-refractivity contribution in [2.45, 2.75) is 43.8 Å². The monoisotopic (exact) mass is 574 g/mol. The van der Waals surface area contributed by atoms with Crippen LogP contribution in [0.2, 0.25) is 0 Å². The number of aromatic nitrogens is 2. The predicted octanol–water partition coefficient (Wildman–Crippen LogP) is -0.734. The van der Waals surface area contributed by atoms with Crippen LogP contribution in [-0.2, 0) is 19.2 Å². The van der Waals surface area contributed by atoms with E-state index in [-0.39, 0.29) is 48.3 Å². The summed E-state index contributed by atoms with van der Waals surface area (Å²) in [5.74, 6) is -4.82. The van der Waals surface area contributed by atoms with E-state index in [2.05, 4.69) is 36.6 Å². The molecule has 0 radical (unpaired) electrons. The standard InChI is InChI=1S/C24H30N8O9/c25-14(22(38)39)5-7-16(33)30-24-31-19-18(21(37)32-24)28-13(10-27-19)9-26-12-3-1-11(2-4-12)20(36)29-15(23(40)41)6-8-17(34)35/h1-4,13-15,26,28H,5-10,25H2,(H,29,36)(H,34,35)(H,38,39)(H,40,41)(H3,27,30,31,32,33,37)/t13?,14-,15?/m0/s1. The number of hydrogen-bond donors (Lipinski definition) is 10. The number of fused-ring (bicyclic) bond motifs is 1. The maximum atomic E-state index is 12.6. The molecule has 2 heterocycles. The Hall–Kier alpha value is -5.19. The number of H-pyrrole nitrogens is 1. The molecule has 1 aromatic carbocycles. The molecule has 220 valence electrons. The molecule has 0 spiro atoms. The summed E-state index contributed by atoms with van der Waals surface area (Å²) in [6.07, 6.45) is -0.907. The van der Waals surface area contributed by atoms with Gasteiger partial charge in [0.1, 0.15) is 17.8 Å². The first kappa shape index (κ1) is 30.4. The van der Waals surface area contributed by atoms with Crippen LogP contribution in [0.15, 0.2) is 29.1 Å². The molecular formula is C24H30N8O9. The molecule has 0 saturated heterocycles. The number of rotatable bonds is 14.